The van der Waals surface area contributed by atoms with Crippen LogP contribution >= 0.6 is 0 Å². The van der Waals surface area contributed by atoms with E-state index in [2.05, 4.69) is 114 Å². The van der Waals surface area contributed by atoms with Crippen LogP contribution in [0.3, 0.4) is 0 Å². The van der Waals surface area contributed by atoms with Crippen LogP contribution in [0.15, 0.2) is 144 Å². The number of rotatable bonds is 2. The first-order chi connectivity index (χ1) is 23.8. The zero-order valence-corrected chi connectivity index (χ0v) is 25.5. The SMILES string of the molecule is c1cc2c3c(c1)ccc1ccc4ccc5c(c6c-2cccc6n5-c2nc5ccccc5nc2-c2cccc5c2oc2ccccc25)c4c13. The highest BCUT2D eigenvalue weighted by atomic mass is 16.3. The van der Waals surface area contributed by atoms with Gasteiger partial charge in [-0.3, -0.25) is 4.57 Å². The molecule has 220 valence electrons. The summed E-state index contributed by atoms with van der Waals surface area (Å²) in [4.78, 5) is 10.8. The Balaban J connectivity index is 1.31. The highest BCUT2D eigenvalue weighted by Gasteiger charge is 2.27. The van der Waals surface area contributed by atoms with Crippen molar-refractivity contribution in [2.75, 3.05) is 0 Å². The molecule has 0 spiro atoms. The molecule has 4 nitrogen and oxygen atoms in total. The molecule has 48 heavy (non-hydrogen) atoms. The van der Waals surface area contributed by atoms with Crippen molar-refractivity contribution in [3.05, 3.63) is 140 Å². The zero-order valence-electron chi connectivity index (χ0n) is 25.5. The Morgan fingerprint density at radius 3 is 1.88 bits per heavy atom. The summed E-state index contributed by atoms with van der Waals surface area (Å²) in [5.74, 6) is 0.789. The van der Waals surface area contributed by atoms with Crippen LogP contribution in [-0.2, 0) is 0 Å². The fraction of sp³-hybridized carbons (Fsp3) is 0. The third kappa shape index (κ3) is 2.96. The fourth-order valence-electron chi connectivity index (χ4n) is 8.50. The van der Waals surface area contributed by atoms with E-state index in [9.17, 15) is 0 Å². The molecule has 3 aromatic heterocycles. The van der Waals surface area contributed by atoms with Gasteiger partial charge in [0.1, 0.15) is 16.9 Å². The van der Waals surface area contributed by atoms with Gasteiger partial charge >= 0.3 is 0 Å². The van der Waals surface area contributed by atoms with E-state index in [0.29, 0.717) is 0 Å². The molecule has 0 saturated heterocycles. The lowest BCUT2D eigenvalue weighted by atomic mass is 9.93. The molecule has 4 heteroatoms. The van der Waals surface area contributed by atoms with E-state index < -0.39 is 0 Å². The van der Waals surface area contributed by atoms with Crippen LogP contribution in [-0.4, -0.2) is 14.5 Å². The second-order valence-corrected chi connectivity index (χ2v) is 12.9. The van der Waals surface area contributed by atoms with Gasteiger partial charge in [0.2, 0.25) is 0 Å². The highest BCUT2D eigenvalue weighted by molar-refractivity contribution is 6.38. The molecule has 1 aliphatic rings. The maximum atomic E-state index is 6.59. The third-order valence-corrected chi connectivity index (χ3v) is 10.5. The molecule has 8 aromatic carbocycles. The van der Waals surface area contributed by atoms with Crippen molar-refractivity contribution in [2.24, 2.45) is 0 Å². The lowest BCUT2D eigenvalue weighted by Crippen LogP contribution is -2.04. The normalized spacial score (nSPS) is 12.6. The number of fused-ring (bicyclic) bond motifs is 5. The van der Waals surface area contributed by atoms with E-state index >= 15 is 0 Å². The Labute approximate surface area is 273 Å². The first-order valence-electron chi connectivity index (χ1n) is 16.3. The summed E-state index contributed by atoms with van der Waals surface area (Å²) >= 11 is 0. The minimum atomic E-state index is 0.789. The van der Waals surface area contributed by atoms with E-state index in [0.717, 1.165) is 61.1 Å². The minimum Gasteiger partial charge on any atom is -0.455 e. The van der Waals surface area contributed by atoms with Gasteiger partial charge in [-0.1, -0.05) is 103 Å². The maximum absolute atomic E-state index is 6.59. The van der Waals surface area contributed by atoms with Crippen LogP contribution in [0.1, 0.15) is 0 Å². The number of furan rings is 1. The minimum absolute atomic E-state index is 0.789. The summed E-state index contributed by atoms with van der Waals surface area (Å²) in [5, 5.41) is 12.4. The van der Waals surface area contributed by atoms with E-state index in [1.807, 2.05) is 30.3 Å². The largest absolute Gasteiger partial charge is 0.455 e. The molecule has 0 amide bonds. The van der Waals surface area contributed by atoms with E-state index in [1.165, 1.54) is 54.2 Å². The van der Waals surface area contributed by atoms with Gasteiger partial charge in [-0.2, -0.15) is 0 Å². The van der Waals surface area contributed by atoms with Crippen LogP contribution in [0.4, 0.5) is 0 Å². The second kappa shape index (κ2) is 8.64. The standard InChI is InChI=1S/C44H23N3O/c1-4-17-36-27(9-1)30-12-6-13-31(43(30)48-36)42-44(46-33-15-3-2-14-32(33)45-42)47-34-16-7-11-29-28-10-5-8-24-18-19-25-20-21-26-22-23-35(47)41(40(29)34)39(26)38(25)37(24)28/h1-23H. The van der Waals surface area contributed by atoms with Crippen molar-refractivity contribution >= 4 is 87.1 Å². The Hall–Kier alpha value is -6.52. The van der Waals surface area contributed by atoms with Gasteiger partial charge < -0.3 is 4.42 Å². The summed E-state index contributed by atoms with van der Waals surface area (Å²) in [5.41, 5.74) is 9.83. The molecule has 0 unspecified atom stereocenters. The zero-order chi connectivity index (χ0) is 31.1. The van der Waals surface area contributed by atoms with E-state index in [4.69, 9.17) is 14.4 Å². The lowest BCUT2D eigenvalue weighted by Gasteiger charge is -2.15. The van der Waals surface area contributed by atoms with Gasteiger partial charge in [0, 0.05) is 32.5 Å². The number of hydrogen-bond donors (Lipinski definition) is 0. The molecule has 3 heterocycles. The van der Waals surface area contributed by atoms with Gasteiger partial charge in [0.15, 0.2) is 5.82 Å². The topological polar surface area (TPSA) is 43.9 Å². The summed E-state index contributed by atoms with van der Waals surface area (Å²) in [6, 6.07) is 49.8. The summed E-state index contributed by atoms with van der Waals surface area (Å²) in [6.45, 7) is 0. The quantitative estimate of drug-likeness (QED) is 0.183. The summed E-state index contributed by atoms with van der Waals surface area (Å²) in [7, 11) is 0. The van der Waals surface area contributed by atoms with Crippen molar-refractivity contribution in [3.63, 3.8) is 0 Å². The summed E-state index contributed by atoms with van der Waals surface area (Å²) in [6.07, 6.45) is 0. The van der Waals surface area contributed by atoms with E-state index in [1.54, 1.807) is 0 Å². The van der Waals surface area contributed by atoms with Crippen molar-refractivity contribution < 1.29 is 4.42 Å². The van der Waals surface area contributed by atoms with Gasteiger partial charge in [-0.15, -0.1) is 0 Å². The lowest BCUT2D eigenvalue weighted by molar-refractivity contribution is 0.669. The van der Waals surface area contributed by atoms with Crippen LogP contribution < -0.4 is 0 Å². The van der Waals surface area contributed by atoms with Crippen LogP contribution in [0.5, 0.6) is 0 Å². The van der Waals surface area contributed by atoms with Crippen LogP contribution in [0.25, 0.3) is 115 Å². The number of para-hydroxylation sites is 4. The third-order valence-electron chi connectivity index (χ3n) is 10.5. The molecule has 12 rings (SSSR count). The monoisotopic (exact) mass is 609 g/mol. The molecule has 0 aliphatic heterocycles. The van der Waals surface area contributed by atoms with Crippen molar-refractivity contribution in [2.45, 2.75) is 0 Å². The first kappa shape index (κ1) is 24.7. The van der Waals surface area contributed by atoms with Crippen molar-refractivity contribution in [3.8, 4) is 28.2 Å². The average molecular weight is 610 g/mol. The molecule has 0 atom stereocenters. The Bertz CT molecular complexity index is 3230. The second-order valence-electron chi connectivity index (χ2n) is 12.9. The number of hydrogen-bond acceptors (Lipinski definition) is 3. The Morgan fingerprint density at radius 2 is 1.02 bits per heavy atom. The van der Waals surface area contributed by atoms with Gasteiger partial charge in [-0.05, 0) is 74.5 Å². The van der Waals surface area contributed by atoms with Crippen LogP contribution in [0.2, 0.25) is 0 Å². The molecule has 11 aromatic rings. The van der Waals surface area contributed by atoms with Crippen LogP contribution in [0, 0.1) is 0 Å². The van der Waals surface area contributed by atoms with E-state index in [-0.39, 0.29) is 0 Å². The number of benzene rings is 8. The van der Waals surface area contributed by atoms with Gasteiger partial charge in [-0.25, -0.2) is 9.97 Å². The molecular formula is C44H23N3O. The first-order valence-corrected chi connectivity index (χ1v) is 16.3. The maximum Gasteiger partial charge on any atom is 0.165 e. The van der Waals surface area contributed by atoms with Gasteiger partial charge in [0.05, 0.1) is 22.1 Å². The molecule has 0 radical (unpaired) electrons. The smallest absolute Gasteiger partial charge is 0.165 e. The molecule has 0 fully saturated rings. The average Bonchev–Trinajstić information content (AvgIpc) is 3.65. The summed E-state index contributed by atoms with van der Waals surface area (Å²) < 4.78 is 8.93. The predicted octanol–water partition coefficient (Wildman–Crippen LogP) is 11.7. The number of aromatic nitrogens is 3. The Kier molecular flexibility index (Phi) is 4.44. The highest BCUT2D eigenvalue weighted by Crippen LogP contribution is 2.50. The molecular weight excluding hydrogens is 587 g/mol. The van der Waals surface area contributed by atoms with Crippen molar-refractivity contribution in [1.82, 2.24) is 14.5 Å². The molecule has 0 saturated carbocycles. The molecule has 0 N–H and O–H groups in total. The predicted molar refractivity (Wildman–Crippen MR) is 198 cm³/mol. The van der Waals surface area contributed by atoms with Gasteiger partial charge in [0.25, 0.3) is 0 Å². The molecule has 0 bridgehead atoms. The number of nitrogens with zero attached hydrogens (tertiary/aromatic N) is 3. The molecule has 1 aliphatic carbocycles. The Morgan fingerprint density at radius 1 is 0.417 bits per heavy atom. The fourth-order valence-corrected chi connectivity index (χ4v) is 8.50. The van der Waals surface area contributed by atoms with Crippen molar-refractivity contribution in [1.29, 1.82) is 0 Å².